The third kappa shape index (κ3) is 7.70. The van der Waals surface area contributed by atoms with Crippen LogP contribution in [0, 0.1) is 6.92 Å². The number of esters is 1. The standard InChI is InChI=1S/C24H31NO6S/c1-18-7-9-20(10-8-18)23(32(27,28)29)17-30-22-13-11-21(12-14-22)25-15-24(26)31-16-19-5-3-2-4-6-19/h2-10,21-23,25H,11-17H2,1H3,(H,27,28,29). The van der Waals surface area contributed by atoms with Crippen LogP contribution in [-0.4, -0.2) is 44.2 Å². The zero-order chi connectivity index (χ0) is 23.0. The summed E-state index contributed by atoms with van der Waals surface area (Å²) in [5, 5.41) is 2.13. The Morgan fingerprint density at radius 1 is 1.06 bits per heavy atom. The Morgan fingerprint density at radius 2 is 1.72 bits per heavy atom. The summed E-state index contributed by atoms with van der Waals surface area (Å²) in [5.41, 5.74) is 2.48. The molecule has 1 atom stereocenters. The molecule has 0 aromatic heterocycles. The van der Waals surface area contributed by atoms with E-state index in [9.17, 15) is 17.8 Å². The summed E-state index contributed by atoms with van der Waals surface area (Å²) in [6.07, 6.45) is 3.06. The van der Waals surface area contributed by atoms with Crippen molar-refractivity contribution < 1.29 is 27.2 Å². The van der Waals surface area contributed by atoms with Gasteiger partial charge in [-0.1, -0.05) is 60.2 Å². The van der Waals surface area contributed by atoms with Gasteiger partial charge in [-0.25, -0.2) is 0 Å². The Hall–Kier alpha value is -2.26. The maximum absolute atomic E-state index is 12.0. The van der Waals surface area contributed by atoms with E-state index >= 15 is 0 Å². The number of rotatable bonds is 10. The van der Waals surface area contributed by atoms with Crippen molar-refractivity contribution in [2.75, 3.05) is 13.2 Å². The lowest BCUT2D eigenvalue weighted by molar-refractivity contribution is -0.144. The van der Waals surface area contributed by atoms with E-state index in [2.05, 4.69) is 5.32 Å². The number of nitrogens with one attached hydrogen (secondary N) is 1. The summed E-state index contributed by atoms with van der Waals surface area (Å²) in [7, 11) is -4.27. The summed E-state index contributed by atoms with van der Waals surface area (Å²) in [4.78, 5) is 12.0. The molecule has 0 heterocycles. The van der Waals surface area contributed by atoms with E-state index in [0.717, 1.165) is 36.8 Å². The molecule has 2 aromatic carbocycles. The smallest absolute Gasteiger partial charge is 0.320 e. The van der Waals surface area contributed by atoms with E-state index in [4.69, 9.17) is 9.47 Å². The minimum atomic E-state index is -4.27. The minimum absolute atomic E-state index is 0.0761. The quantitative estimate of drug-likeness (QED) is 0.412. The second-order valence-corrected chi connectivity index (χ2v) is 9.85. The molecule has 8 heteroatoms. The first-order valence-electron chi connectivity index (χ1n) is 10.9. The topological polar surface area (TPSA) is 102 Å². The van der Waals surface area contributed by atoms with Gasteiger partial charge in [0.05, 0.1) is 19.3 Å². The first-order chi connectivity index (χ1) is 15.3. The van der Waals surface area contributed by atoms with Crippen LogP contribution >= 0.6 is 0 Å². The molecule has 1 unspecified atom stereocenters. The summed E-state index contributed by atoms with van der Waals surface area (Å²) >= 11 is 0. The van der Waals surface area contributed by atoms with Crippen LogP contribution in [0.3, 0.4) is 0 Å². The fourth-order valence-electron chi connectivity index (χ4n) is 3.81. The van der Waals surface area contributed by atoms with Gasteiger partial charge in [0, 0.05) is 6.04 Å². The molecule has 1 saturated carbocycles. The highest BCUT2D eigenvalue weighted by Crippen LogP contribution is 2.26. The van der Waals surface area contributed by atoms with Crippen LogP contribution in [0.4, 0.5) is 0 Å². The van der Waals surface area contributed by atoms with Crippen LogP contribution in [-0.2, 0) is 31.0 Å². The number of ether oxygens (including phenoxy) is 2. The van der Waals surface area contributed by atoms with E-state index in [-0.39, 0.29) is 37.9 Å². The third-order valence-electron chi connectivity index (χ3n) is 5.74. The molecule has 174 valence electrons. The number of hydrogen-bond acceptors (Lipinski definition) is 6. The summed E-state index contributed by atoms with van der Waals surface area (Å²) in [5.74, 6) is -0.290. The molecule has 0 radical (unpaired) electrons. The van der Waals surface area contributed by atoms with E-state index in [1.807, 2.05) is 49.4 Å². The second-order valence-electron chi connectivity index (χ2n) is 8.25. The molecule has 0 bridgehead atoms. The van der Waals surface area contributed by atoms with Gasteiger partial charge >= 0.3 is 5.97 Å². The average Bonchev–Trinajstić information content (AvgIpc) is 2.78. The number of carbonyl (C=O) groups is 1. The molecule has 0 saturated heterocycles. The van der Waals surface area contributed by atoms with Gasteiger partial charge in [0.25, 0.3) is 10.1 Å². The maximum atomic E-state index is 12.0. The van der Waals surface area contributed by atoms with Crippen LogP contribution in [0.2, 0.25) is 0 Å². The van der Waals surface area contributed by atoms with Crippen molar-refractivity contribution in [3.05, 3.63) is 71.3 Å². The Labute approximate surface area is 189 Å². The molecule has 1 fully saturated rings. The Morgan fingerprint density at radius 3 is 2.34 bits per heavy atom. The summed E-state index contributed by atoms with van der Waals surface area (Å²) in [6.45, 7) is 2.24. The lowest BCUT2D eigenvalue weighted by Gasteiger charge is -2.30. The Kier molecular flexibility index (Phi) is 8.81. The number of aryl methyl sites for hydroxylation is 1. The molecule has 2 aromatic rings. The minimum Gasteiger partial charge on any atom is -0.460 e. The number of benzene rings is 2. The first-order valence-corrected chi connectivity index (χ1v) is 12.4. The van der Waals surface area contributed by atoms with Crippen LogP contribution < -0.4 is 5.32 Å². The van der Waals surface area contributed by atoms with E-state index in [1.54, 1.807) is 12.1 Å². The average molecular weight is 462 g/mol. The number of hydrogen-bond donors (Lipinski definition) is 2. The molecular formula is C24H31NO6S. The van der Waals surface area contributed by atoms with Gasteiger partial charge in [0.15, 0.2) is 0 Å². The van der Waals surface area contributed by atoms with Crippen molar-refractivity contribution in [3.63, 3.8) is 0 Å². The third-order valence-corrected chi connectivity index (χ3v) is 6.87. The molecule has 0 aliphatic heterocycles. The fraction of sp³-hybridized carbons (Fsp3) is 0.458. The molecule has 0 spiro atoms. The van der Waals surface area contributed by atoms with Crippen LogP contribution in [0.5, 0.6) is 0 Å². The SMILES string of the molecule is Cc1ccc(C(COC2CCC(NCC(=O)OCc3ccccc3)CC2)S(=O)(=O)O)cc1. The van der Waals surface area contributed by atoms with Gasteiger partial charge in [0.2, 0.25) is 0 Å². The molecule has 7 nitrogen and oxygen atoms in total. The normalized spacial score (nSPS) is 19.9. The Bertz CT molecular complexity index is 954. The molecule has 1 aliphatic carbocycles. The van der Waals surface area contributed by atoms with Gasteiger partial charge in [0.1, 0.15) is 11.9 Å². The molecule has 32 heavy (non-hydrogen) atoms. The van der Waals surface area contributed by atoms with Gasteiger partial charge < -0.3 is 14.8 Å². The zero-order valence-corrected chi connectivity index (χ0v) is 19.1. The molecular weight excluding hydrogens is 430 g/mol. The lowest BCUT2D eigenvalue weighted by Crippen LogP contribution is -2.39. The highest BCUT2D eigenvalue weighted by molar-refractivity contribution is 7.86. The van der Waals surface area contributed by atoms with Crippen molar-refractivity contribution >= 4 is 16.1 Å². The first kappa shape index (κ1) is 24.4. The van der Waals surface area contributed by atoms with Crippen molar-refractivity contribution in [2.45, 2.75) is 56.6 Å². The molecule has 3 rings (SSSR count). The highest BCUT2D eigenvalue weighted by atomic mass is 32.2. The summed E-state index contributed by atoms with van der Waals surface area (Å²) in [6, 6.07) is 16.8. The largest absolute Gasteiger partial charge is 0.460 e. The maximum Gasteiger partial charge on any atom is 0.320 e. The molecule has 1 aliphatic rings. The van der Waals surface area contributed by atoms with Crippen molar-refractivity contribution in [1.82, 2.24) is 5.32 Å². The monoisotopic (exact) mass is 461 g/mol. The van der Waals surface area contributed by atoms with Crippen molar-refractivity contribution in [2.24, 2.45) is 0 Å². The lowest BCUT2D eigenvalue weighted by atomic mass is 9.93. The van der Waals surface area contributed by atoms with E-state index < -0.39 is 15.4 Å². The fourth-order valence-corrected chi connectivity index (χ4v) is 4.56. The van der Waals surface area contributed by atoms with E-state index in [1.165, 1.54) is 0 Å². The predicted molar refractivity (Wildman–Crippen MR) is 122 cm³/mol. The van der Waals surface area contributed by atoms with E-state index in [0.29, 0.717) is 5.56 Å². The summed E-state index contributed by atoms with van der Waals surface area (Å²) < 4.78 is 44.5. The van der Waals surface area contributed by atoms with Crippen LogP contribution in [0.1, 0.15) is 47.6 Å². The van der Waals surface area contributed by atoms with Crippen molar-refractivity contribution in [3.8, 4) is 0 Å². The van der Waals surface area contributed by atoms with Gasteiger partial charge in [-0.15, -0.1) is 0 Å². The zero-order valence-electron chi connectivity index (χ0n) is 18.3. The van der Waals surface area contributed by atoms with Gasteiger partial charge in [-0.05, 0) is 43.7 Å². The molecule has 0 amide bonds. The predicted octanol–water partition coefficient (Wildman–Crippen LogP) is 3.58. The van der Waals surface area contributed by atoms with Crippen LogP contribution in [0.15, 0.2) is 54.6 Å². The van der Waals surface area contributed by atoms with Gasteiger partial charge in [-0.3, -0.25) is 9.35 Å². The molecule has 2 N–H and O–H groups in total. The number of carbonyl (C=O) groups excluding carboxylic acids is 1. The van der Waals surface area contributed by atoms with Gasteiger partial charge in [-0.2, -0.15) is 8.42 Å². The van der Waals surface area contributed by atoms with Crippen molar-refractivity contribution in [1.29, 1.82) is 0 Å². The Balaban J connectivity index is 1.38. The van der Waals surface area contributed by atoms with Crippen LogP contribution in [0.25, 0.3) is 0 Å². The highest BCUT2D eigenvalue weighted by Gasteiger charge is 2.28. The second kappa shape index (κ2) is 11.6.